The third-order valence-corrected chi connectivity index (χ3v) is 3.27. The van der Waals surface area contributed by atoms with E-state index >= 15 is 0 Å². The molecule has 0 bridgehead atoms. The summed E-state index contributed by atoms with van der Waals surface area (Å²) in [5, 5.41) is 0. The van der Waals surface area contributed by atoms with Gasteiger partial charge in [-0.1, -0.05) is 30.3 Å². The first-order chi connectivity index (χ1) is 5.95. The van der Waals surface area contributed by atoms with Gasteiger partial charge in [0.25, 0.3) is 0 Å². The molecule has 0 N–H and O–H groups in total. The average molecular weight is 182 g/mol. The van der Waals surface area contributed by atoms with Crippen LogP contribution in [0.2, 0.25) is 0 Å². The summed E-state index contributed by atoms with van der Waals surface area (Å²) in [5.74, 6) is 0. The van der Waals surface area contributed by atoms with Crippen molar-refractivity contribution in [3.63, 3.8) is 0 Å². The smallest absolute Gasteiger partial charge is 0.175 e. The van der Waals surface area contributed by atoms with Gasteiger partial charge >= 0.3 is 0 Å². The molecule has 0 atom stereocenters. The Morgan fingerprint density at radius 1 is 1.08 bits per heavy atom. The van der Waals surface area contributed by atoms with Gasteiger partial charge in [-0.05, 0) is 5.56 Å². The van der Waals surface area contributed by atoms with Gasteiger partial charge in [0.15, 0.2) is 8.38 Å². The minimum absolute atomic E-state index is 0.621. The molecule has 0 aromatic heterocycles. The predicted molar refractivity (Wildman–Crippen MR) is 49.0 cm³/mol. The fraction of sp³-hybridized carbons (Fsp3) is 0.333. The second-order valence-corrected chi connectivity index (χ2v) is 4.14. The highest BCUT2D eigenvalue weighted by Crippen LogP contribution is 2.45. The molecule has 1 aliphatic rings. The van der Waals surface area contributed by atoms with Crippen molar-refractivity contribution in [3.8, 4) is 0 Å². The minimum atomic E-state index is -0.621. The quantitative estimate of drug-likeness (QED) is 0.654. The Morgan fingerprint density at radius 2 is 1.75 bits per heavy atom. The molecule has 0 amide bonds. The Balaban J connectivity index is 1.94. The Hall–Kier alpha value is -0.430. The normalized spacial score (nSPS) is 18.3. The molecule has 2 nitrogen and oxygen atoms in total. The van der Waals surface area contributed by atoms with Crippen molar-refractivity contribution in [1.29, 1.82) is 0 Å². The lowest BCUT2D eigenvalue weighted by molar-refractivity contribution is 0.365. The van der Waals surface area contributed by atoms with Gasteiger partial charge in [0.2, 0.25) is 0 Å². The second kappa shape index (κ2) is 3.99. The fourth-order valence-electron chi connectivity index (χ4n) is 1.14. The molecule has 0 saturated carbocycles. The molecular formula is C9H11O2P. The van der Waals surface area contributed by atoms with Crippen molar-refractivity contribution >= 4 is 8.38 Å². The van der Waals surface area contributed by atoms with Crippen LogP contribution < -0.4 is 0 Å². The summed E-state index contributed by atoms with van der Waals surface area (Å²) >= 11 is 0. The summed E-state index contributed by atoms with van der Waals surface area (Å²) in [4.78, 5) is 0. The van der Waals surface area contributed by atoms with Crippen LogP contribution in [0.25, 0.3) is 0 Å². The summed E-state index contributed by atoms with van der Waals surface area (Å²) in [6.07, 6.45) is 0.927. The first kappa shape index (κ1) is 8.18. The number of hydrogen-bond donors (Lipinski definition) is 0. The van der Waals surface area contributed by atoms with Gasteiger partial charge in [0, 0.05) is 6.16 Å². The fourth-order valence-corrected chi connectivity index (χ4v) is 2.46. The first-order valence-electron chi connectivity index (χ1n) is 4.02. The summed E-state index contributed by atoms with van der Waals surface area (Å²) in [6.45, 7) is 1.52. The standard InChI is InChI=1S/C9H11O2P/c1-2-4-9(5-3-1)8-12-10-6-7-11-12/h1-5H,6-8H2. The van der Waals surface area contributed by atoms with Gasteiger partial charge in [0.1, 0.15) is 0 Å². The average Bonchev–Trinajstić information content (AvgIpc) is 2.59. The zero-order valence-corrected chi connectivity index (χ0v) is 7.67. The molecule has 1 aromatic rings. The van der Waals surface area contributed by atoms with E-state index in [-0.39, 0.29) is 0 Å². The van der Waals surface area contributed by atoms with E-state index in [1.54, 1.807) is 0 Å². The maximum absolute atomic E-state index is 5.40. The highest BCUT2D eigenvalue weighted by Gasteiger charge is 2.16. The Bertz CT molecular complexity index is 232. The lowest BCUT2D eigenvalue weighted by Crippen LogP contribution is -1.82. The van der Waals surface area contributed by atoms with E-state index < -0.39 is 8.38 Å². The largest absolute Gasteiger partial charge is 0.331 e. The maximum Gasteiger partial charge on any atom is 0.175 e. The molecule has 0 aliphatic carbocycles. The molecule has 1 aliphatic heterocycles. The van der Waals surface area contributed by atoms with Crippen molar-refractivity contribution in [1.82, 2.24) is 0 Å². The van der Waals surface area contributed by atoms with E-state index in [9.17, 15) is 0 Å². The lowest BCUT2D eigenvalue weighted by atomic mass is 10.2. The minimum Gasteiger partial charge on any atom is -0.331 e. The van der Waals surface area contributed by atoms with E-state index in [2.05, 4.69) is 12.1 Å². The summed E-state index contributed by atoms with van der Waals surface area (Å²) in [6, 6.07) is 10.3. The van der Waals surface area contributed by atoms with Crippen molar-refractivity contribution in [2.45, 2.75) is 6.16 Å². The van der Waals surface area contributed by atoms with Crippen molar-refractivity contribution in [2.24, 2.45) is 0 Å². The predicted octanol–water partition coefficient (Wildman–Crippen LogP) is 2.55. The van der Waals surface area contributed by atoms with Gasteiger partial charge in [-0.25, -0.2) is 0 Å². The molecule has 12 heavy (non-hydrogen) atoms. The molecule has 2 rings (SSSR count). The van der Waals surface area contributed by atoms with Crippen molar-refractivity contribution < 1.29 is 9.05 Å². The third-order valence-electron chi connectivity index (χ3n) is 1.71. The topological polar surface area (TPSA) is 18.5 Å². The molecule has 1 saturated heterocycles. The number of rotatable bonds is 2. The zero-order chi connectivity index (χ0) is 8.23. The van der Waals surface area contributed by atoms with Gasteiger partial charge in [-0.2, -0.15) is 0 Å². The molecule has 1 heterocycles. The molecule has 0 unspecified atom stereocenters. The van der Waals surface area contributed by atoms with Crippen LogP contribution in [0.15, 0.2) is 30.3 Å². The summed E-state index contributed by atoms with van der Waals surface area (Å²) in [5.41, 5.74) is 1.30. The second-order valence-electron chi connectivity index (χ2n) is 2.64. The number of hydrogen-bond acceptors (Lipinski definition) is 2. The molecule has 0 spiro atoms. The molecular weight excluding hydrogens is 171 g/mol. The Morgan fingerprint density at radius 3 is 2.42 bits per heavy atom. The van der Waals surface area contributed by atoms with E-state index in [4.69, 9.17) is 9.05 Å². The zero-order valence-electron chi connectivity index (χ0n) is 6.77. The van der Waals surface area contributed by atoms with E-state index in [0.717, 1.165) is 19.4 Å². The van der Waals surface area contributed by atoms with Gasteiger partial charge in [-0.15, -0.1) is 0 Å². The van der Waals surface area contributed by atoms with Crippen LogP contribution in [0, 0.1) is 0 Å². The van der Waals surface area contributed by atoms with Crippen LogP contribution in [0.5, 0.6) is 0 Å². The molecule has 1 fully saturated rings. The molecule has 1 aromatic carbocycles. The molecule has 0 radical (unpaired) electrons. The van der Waals surface area contributed by atoms with E-state index in [1.165, 1.54) is 5.56 Å². The number of benzene rings is 1. The van der Waals surface area contributed by atoms with Gasteiger partial charge < -0.3 is 9.05 Å². The van der Waals surface area contributed by atoms with Crippen molar-refractivity contribution in [3.05, 3.63) is 35.9 Å². The monoisotopic (exact) mass is 182 g/mol. The highest BCUT2D eigenvalue weighted by molar-refractivity contribution is 7.46. The SMILES string of the molecule is c1ccc(CP2OCCO2)cc1. The van der Waals surface area contributed by atoms with Gasteiger partial charge in [-0.3, -0.25) is 0 Å². The lowest BCUT2D eigenvalue weighted by Gasteiger charge is -2.06. The third kappa shape index (κ3) is 2.04. The highest BCUT2D eigenvalue weighted by atomic mass is 31.2. The Labute approximate surface area is 73.4 Å². The molecule has 3 heteroatoms. The maximum atomic E-state index is 5.40. The van der Waals surface area contributed by atoms with Crippen LogP contribution >= 0.6 is 8.38 Å². The summed E-state index contributed by atoms with van der Waals surface area (Å²) in [7, 11) is -0.621. The van der Waals surface area contributed by atoms with E-state index in [0.29, 0.717) is 0 Å². The van der Waals surface area contributed by atoms with Crippen LogP contribution in [0.1, 0.15) is 5.56 Å². The van der Waals surface area contributed by atoms with Crippen LogP contribution in [0.3, 0.4) is 0 Å². The van der Waals surface area contributed by atoms with E-state index in [1.807, 2.05) is 18.2 Å². The van der Waals surface area contributed by atoms with Crippen LogP contribution in [-0.4, -0.2) is 13.2 Å². The Kier molecular flexibility index (Phi) is 2.72. The first-order valence-corrected chi connectivity index (χ1v) is 5.39. The van der Waals surface area contributed by atoms with Crippen LogP contribution in [-0.2, 0) is 15.2 Å². The van der Waals surface area contributed by atoms with Crippen molar-refractivity contribution in [2.75, 3.05) is 13.2 Å². The summed E-state index contributed by atoms with van der Waals surface area (Å²) < 4.78 is 10.8. The molecule has 64 valence electrons. The van der Waals surface area contributed by atoms with Crippen LogP contribution in [0.4, 0.5) is 0 Å². The van der Waals surface area contributed by atoms with Gasteiger partial charge in [0.05, 0.1) is 13.2 Å².